The molecule has 24 heavy (non-hydrogen) atoms. The molecule has 0 aliphatic rings. The summed E-state index contributed by atoms with van der Waals surface area (Å²) in [5.74, 6) is 0.807. The van der Waals surface area contributed by atoms with Gasteiger partial charge in [0.1, 0.15) is 16.8 Å². The van der Waals surface area contributed by atoms with Crippen LogP contribution in [0.2, 0.25) is 0 Å². The molecule has 3 aromatic rings. The third-order valence-corrected chi connectivity index (χ3v) is 4.77. The molecule has 0 aliphatic carbocycles. The van der Waals surface area contributed by atoms with E-state index in [0.29, 0.717) is 10.6 Å². The van der Waals surface area contributed by atoms with Crippen LogP contribution in [0.25, 0.3) is 22.9 Å². The number of nitrogens with zero attached hydrogens (tertiary/aromatic N) is 2. The first-order valence-corrected chi connectivity index (χ1v) is 8.84. The number of methoxy groups -OCH3 is 1. The van der Waals surface area contributed by atoms with E-state index in [4.69, 9.17) is 4.74 Å². The molecule has 0 unspecified atom stereocenters. The highest BCUT2D eigenvalue weighted by atomic mass is 79.9. The fourth-order valence-electron chi connectivity index (χ4n) is 2.20. The summed E-state index contributed by atoms with van der Waals surface area (Å²) in [5, 5.41) is 12.2. The van der Waals surface area contributed by atoms with Gasteiger partial charge in [-0.2, -0.15) is 5.26 Å². The van der Waals surface area contributed by atoms with Gasteiger partial charge in [-0.3, -0.25) is 0 Å². The van der Waals surface area contributed by atoms with Gasteiger partial charge >= 0.3 is 0 Å². The summed E-state index contributed by atoms with van der Waals surface area (Å²) in [6, 6.07) is 17.8. The molecule has 0 N–H and O–H groups in total. The number of nitriles is 1. The largest absolute Gasteiger partial charge is 0.497 e. The van der Waals surface area contributed by atoms with Crippen molar-refractivity contribution < 1.29 is 4.74 Å². The SMILES string of the molecule is COc1ccc(-c2csc(/C(C#N)=C/c3cccc(Br)c3)n2)cc1. The van der Waals surface area contributed by atoms with Gasteiger partial charge in [0.25, 0.3) is 0 Å². The minimum atomic E-state index is 0.554. The highest BCUT2D eigenvalue weighted by molar-refractivity contribution is 9.10. The van der Waals surface area contributed by atoms with Gasteiger partial charge in [0, 0.05) is 15.4 Å². The van der Waals surface area contributed by atoms with Gasteiger partial charge in [0.15, 0.2) is 0 Å². The van der Waals surface area contributed by atoms with E-state index >= 15 is 0 Å². The summed E-state index contributed by atoms with van der Waals surface area (Å²) in [7, 11) is 1.64. The van der Waals surface area contributed by atoms with Crippen LogP contribution in [0.15, 0.2) is 58.4 Å². The lowest BCUT2D eigenvalue weighted by Crippen LogP contribution is -1.84. The highest BCUT2D eigenvalue weighted by Crippen LogP contribution is 2.28. The van der Waals surface area contributed by atoms with Crippen LogP contribution in [0.5, 0.6) is 5.75 Å². The number of rotatable bonds is 4. The molecule has 5 heteroatoms. The maximum atomic E-state index is 9.48. The minimum Gasteiger partial charge on any atom is -0.497 e. The number of ether oxygens (including phenoxy) is 1. The molecule has 3 rings (SSSR count). The number of hydrogen-bond acceptors (Lipinski definition) is 4. The maximum Gasteiger partial charge on any atom is 0.134 e. The van der Waals surface area contributed by atoms with Crippen molar-refractivity contribution in [1.29, 1.82) is 5.26 Å². The van der Waals surface area contributed by atoms with Crippen molar-refractivity contribution in [1.82, 2.24) is 4.98 Å². The molecule has 0 atom stereocenters. The molecule has 0 amide bonds. The van der Waals surface area contributed by atoms with E-state index in [-0.39, 0.29) is 0 Å². The summed E-state index contributed by atoms with van der Waals surface area (Å²) in [4.78, 5) is 4.60. The Bertz CT molecular complexity index is 923. The smallest absolute Gasteiger partial charge is 0.134 e. The third-order valence-electron chi connectivity index (χ3n) is 3.40. The van der Waals surface area contributed by atoms with Gasteiger partial charge < -0.3 is 4.74 Å². The molecule has 0 saturated carbocycles. The Morgan fingerprint density at radius 3 is 2.71 bits per heavy atom. The van der Waals surface area contributed by atoms with Gasteiger partial charge in [-0.05, 0) is 48.0 Å². The van der Waals surface area contributed by atoms with Crippen molar-refractivity contribution in [2.45, 2.75) is 0 Å². The summed E-state index contributed by atoms with van der Waals surface area (Å²) in [5.41, 5.74) is 3.37. The predicted octanol–water partition coefficient (Wildman–Crippen LogP) is 5.65. The quantitative estimate of drug-likeness (QED) is 0.535. The van der Waals surface area contributed by atoms with E-state index in [1.165, 1.54) is 11.3 Å². The normalized spacial score (nSPS) is 11.1. The molecule has 0 saturated heterocycles. The van der Waals surface area contributed by atoms with E-state index in [1.54, 1.807) is 7.11 Å². The molecule has 0 aliphatic heterocycles. The molecule has 1 heterocycles. The molecule has 2 aromatic carbocycles. The summed E-state index contributed by atoms with van der Waals surface area (Å²) >= 11 is 4.91. The Hall–Kier alpha value is -2.42. The zero-order valence-electron chi connectivity index (χ0n) is 12.9. The fraction of sp³-hybridized carbons (Fsp3) is 0.0526. The molecule has 0 radical (unpaired) electrons. The number of aromatic nitrogens is 1. The zero-order valence-corrected chi connectivity index (χ0v) is 15.3. The van der Waals surface area contributed by atoms with E-state index in [1.807, 2.05) is 60.0 Å². The second kappa shape index (κ2) is 7.43. The second-order valence-electron chi connectivity index (χ2n) is 4.99. The van der Waals surface area contributed by atoms with Crippen molar-refractivity contribution in [2.24, 2.45) is 0 Å². The van der Waals surface area contributed by atoms with E-state index < -0.39 is 0 Å². The first-order valence-electron chi connectivity index (χ1n) is 7.17. The van der Waals surface area contributed by atoms with Crippen molar-refractivity contribution >= 4 is 38.9 Å². The van der Waals surface area contributed by atoms with E-state index in [9.17, 15) is 5.26 Å². The topological polar surface area (TPSA) is 45.9 Å². The average molecular weight is 397 g/mol. The van der Waals surface area contributed by atoms with Crippen LogP contribution in [0, 0.1) is 11.3 Å². The Balaban J connectivity index is 1.91. The lowest BCUT2D eigenvalue weighted by molar-refractivity contribution is 0.415. The predicted molar refractivity (Wildman–Crippen MR) is 102 cm³/mol. The highest BCUT2D eigenvalue weighted by Gasteiger charge is 2.09. The molecule has 1 aromatic heterocycles. The van der Waals surface area contributed by atoms with Crippen molar-refractivity contribution in [3.63, 3.8) is 0 Å². The van der Waals surface area contributed by atoms with Crippen LogP contribution in [0.1, 0.15) is 10.6 Å². The number of hydrogen-bond donors (Lipinski definition) is 0. The van der Waals surface area contributed by atoms with Gasteiger partial charge in [0.2, 0.25) is 0 Å². The zero-order chi connectivity index (χ0) is 16.9. The van der Waals surface area contributed by atoms with Crippen LogP contribution in [-0.4, -0.2) is 12.1 Å². The molecule has 0 bridgehead atoms. The van der Waals surface area contributed by atoms with E-state index in [0.717, 1.165) is 27.0 Å². The van der Waals surface area contributed by atoms with Crippen LogP contribution in [0.3, 0.4) is 0 Å². The Morgan fingerprint density at radius 2 is 2.04 bits per heavy atom. The van der Waals surface area contributed by atoms with Crippen LogP contribution in [-0.2, 0) is 0 Å². The van der Waals surface area contributed by atoms with Crippen molar-refractivity contribution in [3.05, 3.63) is 69.0 Å². The molecular formula is C19H13BrN2OS. The fourth-order valence-corrected chi connectivity index (χ4v) is 3.41. The Morgan fingerprint density at radius 1 is 1.25 bits per heavy atom. The number of halogens is 1. The molecule has 0 spiro atoms. The number of allylic oxidation sites excluding steroid dienone is 1. The monoisotopic (exact) mass is 396 g/mol. The minimum absolute atomic E-state index is 0.554. The van der Waals surface area contributed by atoms with E-state index in [2.05, 4.69) is 27.0 Å². The van der Waals surface area contributed by atoms with Crippen LogP contribution >= 0.6 is 27.3 Å². The first kappa shape index (κ1) is 16.4. The van der Waals surface area contributed by atoms with Gasteiger partial charge in [-0.1, -0.05) is 28.1 Å². The Labute approximate surface area is 153 Å². The average Bonchev–Trinajstić information content (AvgIpc) is 3.10. The summed E-state index contributed by atoms with van der Waals surface area (Å²) in [6.07, 6.45) is 1.85. The number of thiazole rings is 1. The van der Waals surface area contributed by atoms with Gasteiger partial charge in [0.05, 0.1) is 18.4 Å². The van der Waals surface area contributed by atoms with Crippen molar-refractivity contribution in [2.75, 3.05) is 7.11 Å². The standard InChI is InChI=1S/C19H13BrN2OS/c1-23-17-7-5-14(6-8-17)18-12-24-19(22-18)15(11-21)9-13-3-2-4-16(20)10-13/h2-10,12H,1H3/b15-9+. The lowest BCUT2D eigenvalue weighted by atomic mass is 10.1. The summed E-state index contributed by atoms with van der Waals surface area (Å²) < 4.78 is 6.15. The van der Waals surface area contributed by atoms with Crippen LogP contribution < -0.4 is 4.74 Å². The third kappa shape index (κ3) is 3.73. The summed E-state index contributed by atoms with van der Waals surface area (Å²) in [6.45, 7) is 0. The molecular weight excluding hydrogens is 384 g/mol. The number of benzene rings is 2. The lowest BCUT2D eigenvalue weighted by Gasteiger charge is -2.00. The Kier molecular flexibility index (Phi) is 5.09. The van der Waals surface area contributed by atoms with Gasteiger partial charge in [-0.15, -0.1) is 11.3 Å². The second-order valence-corrected chi connectivity index (χ2v) is 6.77. The molecule has 0 fully saturated rings. The molecule has 118 valence electrons. The first-order chi connectivity index (χ1) is 11.7. The van der Waals surface area contributed by atoms with Crippen molar-refractivity contribution in [3.8, 4) is 23.1 Å². The molecule has 3 nitrogen and oxygen atoms in total. The maximum absolute atomic E-state index is 9.48. The van der Waals surface area contributed by atoms with Crippen LogP contribution in [0.4, 0.5) is 0 Å². The van der Waals surface area contributed by atoms with Gasteiger partial charge in [-0.25, -0.2) is 4.98 Å².